The van der Waals surface area contributed by atoms with Gasteiger partial charge in [0.15, 0.2) is 12.2 Å². The van der Waals surface area contributed by atoms with Crippen LogP contribution < -0.4 is 0 Å². The van der Waals surface area contributed by atoms with Crippen molar-refractivity contribution in [1.82, 2.24) is 0 Å². The lowest BCUT2D eigenvalue weighted by Gasteiger charge is -2.21. The number of phosphoric ester groups is 2. The van der Waals surface area contributed by atoms with Crippen molar-refractivity contribution in [2.45, 2.75) is 476 Å². The van der Waals surface area contributed by atoms with Gasteiger partial charge in [0, 0.05) is 25.7 Å². The van der Waals surface area contributed by atoms with Crippen LogP contribution in [0.1, 0.15) is 458 Å². The van der Waals surface area contributed by atoms with Gasteiger partial charge in [-0.25, -0.2) is 9.13 Å². The summed E-state index contributed by atoms with van der Waals surface area (Å²) in [5.41, 5.74) is 0. The molecule has 0 aliphatic rings. The third kappa shape index (κ3) is 81.4. The van der Waals surface area contributed by atoms with E-state index >= 15 is 0 Å². The van der Waals surface area contributed by atoms with E-state index in [4.69, 9.17) is 37.0 Å². The average Bonchev–Trinajstić information content (AvgIpc) is 0.901. The summed E-state index contributed by atoms with van der Waals surface area (Å²) in [6.45, 7) is 4.98. The van der Waals surface area contributed by atoms with Crippen molar-refractivity contribution in [2.75, 3.05) is 39.6 Å². The van der Waals surface area contributed by atoms with Gasteiger partial charge < -0.3 is 33.8 Å². The van der Waals surface area contributed by atoms with Gasteiger partial charge >= 0.3 is 39.5 Å². The van der Waals surface area contributed by atoms with Gasteiger partial charge in [0.25, 0.3) is 0 Å². The van der Waals surface area contributed by atoms with Gasteiger partial charge in [-0.1, -0.05) is 405 Å². The van der Waals surface area contributed by atoms with Gasteiger partial charge in [-0.05, 0) is 51.4 Å². The molecule has 0 fully saturated rings. The number of carbonyl (C=O) groups is 4. The van der Waals surface area contributed by atoms with E-state index in [1.165, 1.54) is 276 Å². The first-order valence-electron chi connectivity index (χ1n) is 45.1. The van der Waals surface area contributed by atoms with Gasteiger partial charge in [0.1, 0.15) is 19.3 Å². The lowest BCUT2D eigenvalue weighted by molar-refractivity contribution is -0.161. The minimum absolute atomic E-state index is 0.0859. The predicted octanol–water partition coefficient (Wildman–Crippen LogP) is 26.9. The maximum absolute atomic E-state index is 13.2. The first-order valence-corrected chi connectivity index (χ1v) is 48.1. The standard InChI is InChI=1S/C88H168O17P2/c1-5-9-13-17-21-25-29-32-35-37-39-41-43-45-48-50-53-57-61-65-69-73-86(91)99-79-84(105-88(93)75-71-67-63-59-55-52-49-46-44-42-40-38-36-33-30-26-22-18-14-10-6-2)81-103-107(96,97)101-77-82(89)76-100-106(94,95)102-80-83(78-98-85(90)72-68-64-60-56-28-24-20-16-12-8-4)104-87(92)74-70-66-62-58-54-51-47-34-31-27-23-19-15-11-7-3/h27,31,34,47,82-84,89H,5-26,28-30,32-33,35-46,48-81H2,1-4H3,(H,94,95)(H,96,97)/b31-27-,47-34-/t82-,83+,84+/m0/s1. The second-order valence-electron chi connectivity index (χ2n) is 30.9. The zero-order valence-corrected chi connectivity index (χ0v) is 71.4. The Labute approximate surface area is 656 Å². The summed E-state index contributed by atoms with van der Waals surface area (Å²) in [4.78, 5) is 73.2. The van der Waals surface area contributed by atoms with Crippen molar-refractivity contribution < 1.29 is 80.2 Å². The summed E-state index contributed by atoms with van der Waals surface area (Å²) < 4.78 is 68.9. The quantitative estimate of drug-likeness (QED) is 0.0169. The minimum Gasteiger partial charge on any atom is -0.462 e. The topological polar surface area (TPSA) is 237 Å². The molecule has 0 aliphatic carbocycles. The molecule has 5 atom stereocenters. The summed E-state index contributed by atoms with van der Waals surface area (Å²) in [6, 6.07) is 0. The number of rotatable bonds is 87. The van der Waals surface area contributed by atoms with Crippen molar-refractivity contribution in [1.29, 1.82) is 0 Å². The molecule has 0 radical (unpaired) electrons. The normalized spacial score (nSPS) is 13.8. The Morgan fingerprint density at radius 2 is 0.449 bits per heavy atom. The Morgan fingerprint density at radius 1 is 0.262 bits per heavy atom. The van der Waals surface area contributed by atoms with Crippen LogP contribution in [-0.4, -0.2) is 96.7 Å². The molecule has 0 aliphatic heterocycles. The molecule has 0 saturated carbocycles. The van der Waals surface area contributed by atoms with E-state index in [0.29, 0.717) is 25.7 Å². The van der Waals surface area contributed by atoms with E-state index in [2.05, 4.69) is 52.0 Å². The zero-order chi connectivity index (χ0) is 78.1. The average molecular weight is 1560 g/mol. The van der Waals surface area contributed by atoms with E-state index in [0.717, 1.165) is 103 Å². The van der Waals surface area contributed by atoms with E-state index < -0.39 is 97.5 Å². The first kappa shape index (κ1) is 105. The third-order valence-corrected chi connectivity index (χ3v) is 22.1. The van der Waals surface area contributed by atoms with Crippen molar-refractivity contribution in [2.24, 2.45) is 0 Å². The third-order valence-electron chi connectivity index (χ3n) is 20.2. The molecule has 0 amide bonds. The fourth-order valence-electron chi connectivity index (χ4n) is 13.3. The molecule has 0 aromatic heterocycles. The molecule has 0 heterocycles. The van der Waals surface area contributed by atoms with Crippen LogP contribution in [0.25, 0.3) is 0 Å². The van der Waals surface area contributed by atoms with Crippen LogP contribution in [0, 0.1) is 0 Å². The molecule has 19 heteroatoms. The number of ether oxygens (including phenoxy) is 4. The summed E-state index contributed by atoms with van der Waals surface area (Å²) in [5.74, 6) is -2.13. The maximum Gasteiger partial charge on any atom is 0.472 e. The largest absolute Gasteiger partial charge is 0.472 e. The Morgan fingerprint density at radius 3 is 0.682 bits per heavy atom. The number of hydrogen-bond acceptors (Lipinski definition) is 15. The van der Waals surface area contributed by atoms with Crippen LogP contribution >= 0.6 is 15.6 Å². The second-order valence-corrected chi connectivity index (χ2v) is 33.9. The Hall–Kier alpha value is -2.46. The minimum atomic E-state index is -4.97. The molecule has 17 nitrogen and oxygen atoms in total. The molecule has 0 rings (SSSR count). The fourth-order valence-corrected chi connectivity index (χ4v) is 14.9. The summed E-state index contributed by atoms with van der Waals surface area (Å²) >= 11 is 0. The van der Waals surface area contributed by atoms with Gasteiger partial charge in [-0.15, -0.1) is 0 Å². The number of carbonyl (C=O) groups excluding carboxylic acids is 4. The number of hydrogen-bond donors (Lipinski definition) is 3. The molecule has 0 bridgehead atoms. The van der Waals surface area contributed by atoms with Crippen LogP contribution in [0.4, 0.5) is 0 Å². The molecule has 3 N–H and O–H groups in total. The molecule has 632 valence electrons. The predicted molar refractivity (Wildman–Crippen MR) is 441 cm³/mol. The van der Waals surface area contributed by atoms with Crippen LogP contribution in [0.3, 0.4) is 0 Å². The molecule has 2 unspecified atom stereocenters. The van der Waals surface area contributed by atoms with Gasteiger partial charge in [-0.3, -0.25) is 37.3 Å². The van der Waals surface area contributed by atoms with Crippen molar-refractivity contribution in [3.63, 3.8) is 0 Å². The Kier molecular flexibility index (Phi) is 79.7. The molecule has 0 spiro atoms. The molecule has 0 saturated heterocycles. The molecular weight excluding hydrogens is 1390 g/mol. The number of esters is 4. The monoisotopic (exact) mass is 1560 g/mol. The number of unbranched alkanes of at least 4 members (excludes halogenated alkanes) is 58. The maximum atomic E-state index is 13.2. The molecular formula is C88H168O17P2. The lowest BCUT2D eigenvalue weighted by atomic mass is 10.0. The first-order chi connectivity index (χ1) is 52.2. The zero-order valence-electron chi connectivity index (χ0n) is 69.6. The molecule has 0 aromatic carbocycles. The van der Waals surface area contributed by atoms with E-state index in [1.54, 1.807) is 0 Å². The number of phosphoric acid groups is 2. The lowest BCUT2D eigenvalue weighted by Crippen LogP contribution is -2.30. The highest BCUT2D eigenvalue weighted by Gasteiger charge is 2.30. The second kappa shape index (κ2) is 81.6. The van der Waals surface area contributed by atoms with E-state index in [-0.39, 0.29) is 25.7 Å². The van der Waals surface area contributed by atoms with Gasteiger partial charge in [0.05, 0.1) is 26.4 Å². The smallest absolute Gasteiger partial charge is 0.462 e. The number of aliphatic hydroxyl groups excluding tert-OH is 1. The summed E-state index contributed by atoms with van der Waals surface area (Å²) in [5, 5.41) is 10.7. The highest BCUT2D eigenvalue weighted by atomic mass is 31.2. The van der Waals surface area contributed by atoms with Crippen LogP contribution in [0.2, 0.25) is 0 Å². The number of aliphatic hydroxyl groups is 1. The van der Waals surface area contributed by atoms with Gasteiger partial charge in [0.2, 0.25) is 0 Å². The van der Waals surface area contributed by atoms with Crippen LogP contribution in [-0.2, 0) is 65.4 Å². The van der Waals surface area contributed by atoms with Gasteiger partial charge in [-0.2, -0.15) is 0 Å². The van der Waals surface area contributed by atoms with Crippen molar-refractivity contribution >= 4 is 39.5 Å². The Bertz CT molecular complexity index is 2110. The van der Waals surface area contributed by atoms with Crippen LogP contribution in [0.15, 0.2) is 24.3 Å². The highest BCUT2D eigenvalue weighted by molar-refractivity contribution is 7.47. The fraction of sp³-hybridized carbons (Fsp3) is 0.909. The SMILES string of the molecule is CCCCCC/C=C\C=C/CCCCCCCC(=O)O[C@H](COC(=O)CCCCCCCCCCCC)COP(=O)(O)OC[C@H](O)COP(=O)(O)OC[C@@H](COC(=O)CCCCCCCCCCCCCCCCCCCCCCC)OC(=O)CCCCCCCCCCCCCCCCCCCCCCC. The summed E-state index contributed by atoms with van der Waals surface area (Å²) in [7, 11) is -9.94. The Balaban J connectivity index is 5.23. The van der Waals surface area contributed by atoms with Crippen LogP contribution in [0.5, 0.6) is 0 Å². The highest BCUT2D eigenvalue weighted by Crippen LogP contribution is 2.45. The number of allylic oxidation sites excluding steroid dienone is 4. The molecule has 0 aromatic rings. The van der Waals surface area contributed by atoms with E-state index in [1.807, 2.05) is 0 Å². The summed E-state index contributed by atoms with van der Waals surface area (Å²) in [6.07, 6.45) is 80.1. The molecule has 107 heavy (non-hydrogen) atoms. The van der Waals surface area contributed by atoms with Crippen molar-refractivity contribution in [3.05, 3.63) is 24.3 Å². The van der Waals surface area contributed by atoms with Crippen molar-refractivity contribution in [3.8, 4) is 0 Å². The van der Waals surface area contributed by atoms with E-state index in [9.17, 15) is 43.2 Å².